The minimum Gasteiger partial charge on any atom is -0.411 e. The zero-order valence-corrected chi connectivity index (χ0v) is 20.7. The van der Waals surface area contributed by atoms with Crippen molar-refractivity contribution >= 4 is 35.0 Å². The third-order valence-corrected chi connectivity index (χ3v) is 6.73. The molecule has 1 aliphatic heterocycles. The molecule has 8 nitrogen and oxygen atoms in total. The monoisotopic (exact) mass is 517 g/mol. The van der Waals surface area contributed by atoms with E-state index in [2.05, 4.69) is 20.4 Å². The summed E-state index contributed by atoms with van der Waals surface area (Å²) in [6, 6.07) is 22.8. The first-order valence-corrected chi connectivity index (χ1v) is 12.8. The van der Waals surface area contributed by atoms with E-state index in [9.17, 15) is 14.0 Å². The smallest absolute Gasteiger partial charge is 0.277 e. The fourth-order valence-electron chi connectivity index (χ4n) is 4.02. The highest BCUT2D eigenvalue weighted by molar-refractivity contribution is 7.99. The van der Waals surface area contributed by atoms with E-state index in [0.29, 0.717) is 48.5 Å². The summed E-state index contributed by atoms with van der Waals surface area (Å²) in [6.07, 6.45) is 0. The van der Waals surface area contributed by atoms with Crippen LogP contribution in [0.4, 0.5) is 15.8 Å². The number of thioether (sulfide) groups is 1. The molecule has 0 atom stereocenters. The van der Waals surface area contributed by atoms with Crippen LogP contribution in [0.5, 0.6) is 0 Å². The van der Waals surface area contributed by atoms with Gasteiger partial charge < -0.3 is 19.5 Å². The van der Waals surface area contributed by atoms with E-state index in [1.165, 1.54) is 23.9 Å². The largest absolute Gasteiger partial charge is 0.411 e. The van der Waals surface area contributed by atoms with Crippen molar-refractivity contribution in [2.75, 3.05) is 42.1 Å². The normalized spacial score (nSPS) is 13.4. The highest BCUT2D eigenvalue weighted by atomic mass is 32.2. The Morgan fingerprint density at radius 2 is 1.68 bits per heavy atom. The van der Waals surface area contributed by atoms with E-state index in [4.69, 9.17) is 4.42 Å². The van der Waals surface area contributed by atoms with Gasteiger partial charge in [-0.05, 0) is 54.6 Å². The zero-order valence-electron chi connectivity index (χ0n) is 19.8. The van der Waals surface area contributed by atoms with Gasteiger partial charge in [-0.25, -0.2) is 4.39 Å². The molecule has 1 aliphatic rings. The molecular formula is C27H24FN5O3S. The maximum atomic E-state index is 13.5. The molecule has 1 saturated heterocycles. The average Bonchev–Trinajstić information content (AvgIpc) is 3.42. The number of rotatable bonds is 7. The molecule has 3 aromatic carbocycles. The summed E-state index contributed by atoms with van der Waals surface area (Å²) in [4.78, 5) is 28.9. The summed E-state index contributed by atoms with van der Waals surface area (Å²) in [6.45, 7) is 2.43. The number of anilines is 2. The van der Waals surface area contributed by atoms with E-state index < -0.39 is 5.82 Å². The molecule has 2 amide bonds. The minimum atomic E-state index is -0.415. The predicted octanol–water partition coefficient (Wildman–Crippen LogP) is 4.57. The summed E-state index contributed by atoms with van der Waals surface area (Å²) >= 11 is 1.18. The number of halogens is 1. The number of carbonyl (C=O) groups is 2. The van der Waals surface area contributed by atoms with Gasteiger partial charge in [0.05, 0.1) is 5.75 Å². The lowest BCUT2D eigenvalue weighted by Crippen LogP contribution is -2.48. The van der Waals surface area contributed by atoms with Crippen LogP contribution < -0.4 is 10.2 Å². The number of hydrogen-bond acceptors (Lipinski definition) is 7. The average molecular weight is 518 g/mol. The second kappa shape index (κ2) is 11.3. The van der Waals surface area contributed by atoms with Gasteiger partial charge in [0.25, 0.3) is 11.1 Å². The van der Waals surface area contributed by atoms with Gasteiger partial charge >= 0.3 is 0 Å². The summed E-state index contributed by atoms with van der Waals surface area (Å²) in [5.41, 5.74) is 2.88. The van der Waals surface area contributed by atoms with Gasteiger partial charge in [-0.2, -0.15) is 0 Å². The Hall–Kier alpha value is -4.18. The molecule has 1 aromatic heterocycles. The number of benzene rings is 3. The Balaban J connectivity index is 1.09. The Morgan fingerprint density at radius 1 is 0.919 bits per heavy atom. The molecule has 0 spiro atoms. The molecule has 1 fully saturated rings. The second-order valence-corrected chi connectivity index (χ2v) is 9.34. The molecule has 0 bridgehead atoms. The molecule has 37 heavy (non-hydrogen) atoms. The first kappa shape index (κ1) is 24.5. The van der Waals surface area contributed by atoms with E-state index in [1.807, 2.05) is 54.6 Å². The first-order valence-electron chi connectivity index (χ1n) is 11.8. The third kappa shape index (κ3) is 6.15. The fourth-order valence-corrected chi connectivity index (χ4v) is 4.58. The standard InChI is InChI=1S/C27H24FN5O3S/c28-21-8-4-7-20(17-21)26(35)33-15-13-32(14-16-33)23-11-9-22(10-12-23)29-24(34)18-37-27-31-30-25(36-27)19-5-2-1-3-6-19/h1-12,17H,13-16,18H2,(H,29,34). The Bertz CT molecular complexity index is 1370. The maximum Gasteiger partial charge on any atom is 0.277 e. The molecule has 4 aromatic rings. The Morgan fingerprint density at radius 3 is 2.41 bits per heavy atom. The summed E-state index contributed by atoms with van der Waals surface area (Å²) in [5.74, 6) is -0.201. The lowest BCUT2D eigenvalue weighted by atomic mass is 10.1. The Kier molecular flexibility index (Phi) is 7.46. The molecule has 0 saturated carbocycles. The van der Waals surface area contributed by atoms with Gasteiger partial charge in [-0.15, -0.1) is 10.2 Å². The summed E-state index contributed by atoms with van der Waals surface area (Å²) in [5, 5.41) is 11.2. The van der Waals surface area contributed by atoms with Crippen molar-refractivity contribution in [1.82, 2.24) is 15.1 Å². The van der Waals surface area contributed by atoms with Crippen LogP contribution in [0.25, 0.3) is 11.5 Å². The Labute approximate surface area is 217 Å². The second-order valence-electron chi connectivity index (χ2n) is 8.41. The van der Waals surface area contributed by atoms with Crippen LogP contribution in [0.15, 0.2) is 88.5 Å². The van der Waals surface area contributed by atoms with Crippen LogP contribution in [0.3, 0.4) is 0 Å². The van der Waals surface area contributed by atoms with E-state index in [0.717, 1.165) is 11.3 Å². The van der Waals surface area contributed by atoms with Crippen LogP contribution in [-0.2, 0) is 4.79 Å². The first-order chi connectivity index (χ1) is 18.0. The predicted molar refractivity (Wildman–Crippen MR) is 140 cm³/mol. The van der Waals surface area contributed by atoms with Crippen LogP contribution in [0, 0.1) is 5.82 Å². The molecule has 5 rings (SSSR count). The van der Waals surface area contributed by atoms with Crippen molar-refractivity contribution in [2.24, 2.45) is 0 Å². The van der Waals surface area contributed by atoms with Gasteiger partial charge in [0.15, 0.2) is 0 Å². The van der Waals surface area contributed by atoms with E-state index in [1.54, 1.807) is 17.0 Å². The van der Waals surface area contributed by atoms with E-state index in [-0.39, 0.29) is 17.6 Å². The van der Waals surface area contributed by atoms with Crippen molar-refractivity contribution in [2.45, 2.75) is 5.22 Å². The number of amides is 2. The van der Waals surface area contributed by atoms with Crippen LogP contribution in [-0.4, -0.2) is 58.8 Å². The topological polar surface area (TPSA) is 91.6 Å². The highest BCUT2D eigenvalue weighted by Gasteiger charge is 2.22. The van der Waals surface area contributed by atoms with Gasteiger partial charge in [-0.1, -0.05) is 36.0 Å². The van der Waals surface area contributed by atoms with Gasteiger partial charge in [0, 0.05) is 48.7 Å². The molecule has 0 unspecified atom stereocenters. The summed E-state index contributed by atoms with van der Waals surface area (Å²) in [7, 11) is 0. The van der Waals surface area contributed by atoms with Crippen molar-refractivity contribution in [1.29, 1.82) is 0 Å². The fraction of sp³-hybridized carbons (Fsp3) is 0.185. The molecule has 0 aliphatic carbocycles. The minimum absolute atomic E-state index is 0.138. The molecule has 10 heteroatoms. The number of aromatic nitrogens is 2. The third-order valence-electron chi connectivity index (χ3n) is 5.91. The zero-order chi connectivity index (χ0) is 25.6. The van der Waals surface area contributed by atoms with Crippen LogP contribution in [0.2, 0.25) is 0 Å². The van der Waals surface area contributed by atoms with Crippen LogP contribution >= 0.6 is 11.8 Å². The number of nitrogens with one attached hydrogen (secondary N) is 1. The number of carbonyl (C=O) groups excluding carboxylic acids is 2. The van der Waals surface area contributed by atoms with Crippen LogP contribution in [0.1, 0.15) is 10.4 Å². The van der Waals surface area contributed by atoms with E-state index >= 15 is 0 Å². The molecular weight excluding hydrogens is 493 g/mol. The molecule has 0 radical (unpaired) electrons. The molecule has 2 heterocycles. The molecule has 1 N–H and O–H groups in total. The number of nitrogens with zero attached hydrogens (tertiary/aromatic N) is 4. The highest BCUT2D eigenvalue weighted by Crippen LogP contribution is 2.24. The van der Waals surface area contributed by atoms with Gasteiger partial charge in [0.2, 0.25) is 11.8 Å². The number of piperazine rings is 1. The van der Waals surface area contributed by atoms with Crippen molar-refractivity contribution in [3.63, 3.8) is 0 Å². The maximum absolute atomic E-state index is 13.5. The van der Waals surface area contributed by atoms with Gasteiger partial charge in [-0.3, -0.25) is 9.59 Å². The molecule has 188 valence electrons. The number of hydrogen-bond donors (Lipinski definition) is 1. The van der Waals surface area contributed by atoms with Gasteiger partial charge in [0.1, 0.15) is 5.82 Å². The van der Waals surface area contributed by atoms with Crippen molar-refractivity contribution in [3.05, 3.63) is 90.2 Å². The lowest BCUT2D eigenvalue weighted by Gasteiger charge is -2.36. The quantitative estimate of drug-likeness (QED) is 0.359. The van der Waals surface area contributed by atoms with Crippen molar-refractivity contribution < 1.29 is 18.4 Å². The lowest BCUT2D eigenvalue weighted by molar-refractivity contribution is -0.113. The SMILES string of the molecule is O=C(CSc1nnc(-c2ccccc2)o1)Nc1ccc(N2CCN(C(=O)c3cccc(F)c3)CC2)cc1. The van der Waals surface area contributed by atoms with Crippen molar-refractivity contribution in [3.8, 4) is 11.5 Å². The summed E-state index contributed by atoms with van der Waals surface area (Å²) < 4.78 is 19.1.